The lowest BCUT2D eigenvalue weighted by Gasteiger charge is -2.54. The van der Waals surface area contributed by atoms with E-state index in [2.05, 4.69) is 0 Å². The quantitative estimate of drug-likeness (QED) is 0.392. The normalized spacial score (nSPS) is 55.6. The van der Waals surface area contributed by atoms with E-state index in [1.54, 1.807) is 19.9 Å². The van der Waals surface area contributed by atoms with Crippen LogP contribution in [-0.4, -0.2) is 69.2 Å². The van der Waals surface area contributed by atoms with Crippen molar-refractivity contribution in [3.8, 4) is 0 Å². The number of cyclic esters (lactones) is 1. The summed E-state index contributed by atoms with van der Waals surface area (Å²) >= 11 is 0. The van der Waals surface area contributed by atoms with Gasteiger partial charge in [0.25, 0.3) is 0 Å². The first-order valence-electron chi connectivity index (χ1n) is 12.9. The van der Waals surface area contributed by atoms with Gasteiger partial charge in [-0.3, -0.25) is 9.59 Å². The van der Waals surface area contributed by atoms with Crippen molar-refractivity contribution in [1.82, 2.24) is 0 Å². The zero-order valence-corrected chi connectivity index (χ0v) is 21.2. The van der Waals surface area contributed by atoms with Gasteiger partial charge >= 0.3 is 11.9 Å². The molecule has 7 rings (SSSR count). The molecule has 200 valence electrons. The van der Waals surface area contributed by atoms with Crippen LogP contribution in [0.4, 0.5) is 0 Å². The predicted molar refractivity (Wildman–Crippen MR) is 121 cm³/mol. The fourth-order valence-corrected chi connectivity index (χ4v) is 10.6. The standard InChI is InChI=1S/C27H32O10/c1-22-11-25(33)18(15(29)19(22)31)27-13(24(25,3)17(22)16(30)21(32)34-4)5-7-23(2)20(12-6-8-35-10-12)36-14(28)9-26(23,27)37-27/h6,8,10,13,16-20,30-31,33H,5,7,9,11H2,1-4H3/t13?,16-,17-,18?,19+,20-,22-,23-,24+,25+,26-,27-/m0/s1. The molecule has 2 saturated heterocycles. The van der Waals surface area contributed by atoms with Gasteiger partial charge in [-0.1, -0.05) is 20.8 Å². The van der Waals surface area contributed by atoms with E-state index in [0.717, 1.165) is 0 Å². The van der Waals surface area contributed by atoms with E-state index >= 15 is 0 Å². The zero-order valence-electron chi connectivity index (χ0n) is 21.2. The highest BCUT2D eigenvalue weighted by molar-refractivity contribution is 5.93. The van der Waals surface area contributed by atoms with E-state index in [4.69, 9.17) is 18.6 Å². The maximum atomic E-state index is 14.0. The molecule has 37 heavy (non-hydrogen) atoms. The number of Topliss-reactive ketones (excluding diaryl/α,β-unsaturated/α-hetero) is 1. The lowest BCUT2D eigenvalue weighted by molar-refractivity contribution is -0.185. The lowest BCUT2D eigenvalue weighted by Crippen LogP contribution is -2.64. The summed E-state index contributed by atoms with van der Waals surface area (Å²) in [5.41, 5.74) is -6.52. The van der Waals surface area contributed by atoms with E-state index < -0.39 is 86.8 Å². The van der Waals surface area contributed by atoms with Crippen LogP contribution in [-0.2, 0) is 28.6 Å². The summed E-state index contributed by atoms with van der Waals surface area (Å²) in [5.74, 6) is -4.48. The molecule has 0 amide bonds. The number of carbonyl (C=O) groups is 3. The SMILES string of the molecule is COC(=O)[C@@H](O)[C@H]1[C@]2(C)C[C@@]3(O)C(C(=O)[C@H]2O)[C@]24O[C@]25CC(=O)O[C@@H](c2ccoc2)[C@]5(C)CCC4[C@]13C. The molecule has 6 fully saturated rings. The zero-order chi connectivity index (χ0) is 26.6. The second kappa shape index (κ2) is 6.47. The van der Waals surface area contributed by atoms with Crippen molar-refractivity contribution in [2.24, 2.45) is 34.0 Å². The minimum absolute atomic E-state index is 0.0107. The monoisotopic (exact) mass is 516 g/mol. The first-order chi connectivity index (χ1) is 17.3. The van der Waals surface area contributed by atoms with Gasteiger partial charge in [0.2, 0.25) is 0 Å². The molecule has 1 aromatic heterocycles. The number of hydrogen-bond acceptors (Lipinski definition) is 10. The Morgan fingerprint density at radius 2 is 1.97 bits per heavy atom. The fourth-order valence-electron chi connectivity index (χ4n) is 10.6. The first-order valence-corrected chi connectivity index (χ1v) is 12.9. The van der Waals surface area contributed by atoms with E-state index in [1.165, 1.54) is 19.6 Å². The van der Waals surface area contributed by atoms with Crippen LogP contribution < -0.4 is 0 Å². The molecule has 6 aliphatic rings. The number of esters is 2. The van der Waals surface area contributed by atoms with Crippen LogP contribution in [0.15, 0.2) is 23.0 Å². The summed E-state index contributed by atoms with van der Waals surface area (Å²) in [6.07, 6.45) is 0.133. The first kappa shape index (κ1) is 23.8. The average Bonchev–Trinajstić information content (AvgIpc) is 3.11. The number of rotatable bonds is 3. The summed E-state index contributed by atoms with van der Waals surface area (Å²) in [5, 5.41) is 35.2. The minimum atomic E-state index is -1.66. The fraction of sp³-hybridized carbons (Fsp3) is 0.741. The second-order valence-corrected chi connectivity index (χ2v) is 12.9. The molecule has 2 unspecified atom stereocenters. The van der Waals surface area contributed by atoms with Gasteiger partial charge in [-0.2, -0.15) is 0 Å². The summed E-state index contributed by atoms with van der Waals surface area (Å²) in [6.45, 7) is 5.44. The number of aliphatic hydroxyl groups is 3. The highest BCUT2D eigenvalue weighted by Gasteiger charge is 2.99. The second-order valence-electron chi connectivity index (χ2n) is 12.9. The number of epoxide rings is 1. The van der Waals surface area contributed by atoms with Gasteiger partial charge in [0.15, 0.2) is 11.9 Å². The molecule has 0 aromatic carbocycles. The minimum Gasteiger partial charge on any atom is -0.472 e. The number of aliphatic hydroxyl groups excluding tert-OH is 2. The highest BCUT2D eigenvalue weighted by atomic mass is 16.7. The Morgan fingerprint density at radius 3 is 2.62 bits per heavy atom. The summed E-state index contributed by atoms with van der Waals surface area (Å²) in [7, 11) is 1.17. The number of hydrogen-bond donors (Lipinski definition) is 3. The number of ether oxygens (including phenoxy) is 3. The molecule has 2 aliphatic heterocycles. The van der Waals surface area contributed by atoms with Crippen LogP contribution in [0.2, 0.25) is 0 Å². The van der Waals surface area contributed by atoms with Crippen molar-refractivity contribution in [3.63, 3.8) is 0 Å². The van der Waals surface area contributed by atoms with Crippen LogP contribution >= 0.6 is 0 Å². The van der Waals surface area contributed by atoms with E-state index in [-0.39, 0.29) is 12.8 Å². The third-order valence-electron chi connectivity index (χ3n) is 11.9. The molecular formula is C27H32O10. The van der Waals surface area contributed by atoms with E-state index in [1.807, 2.05) is 6.92 Å². The molecule has 4 saturated carbocycles. The van der Waals surface area contributed by atoms with Crippen LogP contribution in [0.3, 0.4) is 0 Å². The Balaban J connectivity index is 1.45. The maximum absolute atomic E-state index is 14.0. The molecule has 2 bridgehead atoms. The molecule has 10 nitrogen and oxygen atoms in total. The van der Waals surface area contributed by atoms with Crippen LogP contribution in [0, 0.1) is 34.0 Å². The molecule has 0 radical (unpaired) electrons. The Labute approximate surface area is 213 Å². The third-order valence-corrected chi connectivity index (χ3v) is 11.9. The summed E-state index contributed by atoms with van der Waals surface area (Å²) in [4.78, 5) is 39.8. The Morgan fingerprint density at radius 1 is 1.24 bits per heavy atom. The molecule has 12 atom stereocenters. The van der Waals surface area contributed by atoms with Gasteiger partial charge < -0.3 is 33.9 Å². The van der Waals surface area contributed by atoms with Gasteiger partial charge in [-0.25, -0.2) is 4.79 Å². The van der Waals surface area contributed by atoms with Crippen LogP contribution in [0.25, 0.3) is 0 Å². The van der Waals surface area contributed by atoms with Crippen LogP contribution in [0.1, 0.15) is 58.1 Å². The van der Waals surface area contributed by atoms with Crippen molar-refractivity contribution in [1.29, 1.82) is 0 Å². The van der Waals surface area contributed by atoms with Gasteiger partial charge in [-0.15, -0.1) is 0 Å². The number of carbonyl (C=O) groups excluding carboxylic acids is 3. The number of ketones is 1. The van der Waals surface area contributed by atoms with Crippen molar-refractivity contribution < 1.29 is 48.3 Å². The number of methoxy groups -OCH3 is 1. The molecule has 2 spiro atoms. The highest BCUT2D eigenvalue weighted by Crippen LogP contribution is 2.88. The van der Waals surface area contributed by atoms with Crippen LogP contribution in [0.5, 0.6) is 0 Å². The average molecular weight is 517 g/mol. The van der Waals surface area contributed by atoms with Crippen molar-refractivity contribution >= 4 is 17.7 Å². The summed E-state index contributed by atoms with van der Waals surface area (Å²) in [6, 6.07) is 1.74. The Kier molecular flexibility index (Phi) is 4.17. The maximum Gasteiger partial charge on any atom is 0.335 e. The van der Waals surface area contributed by atoms with Crippen molar-refractivity contribution in [2.45, 2.75) is 81.6 Å². The molecule has 10 heteroatoms. The molecular weight excluding hydrogens is 484 g/mol. The Bertz CT molecular complexity index is 1240. The van der Waals surface area contributed by atoms with Crippen molar-refractivity contribution in [3.05, 3.63) is 24.2 Å². The van der Waals surface area contributed by atoms with Gasteiger partial charge in [0.05, 0.1) is 37.6 Å². The molecule has 1 aromatic rings. The Hall–Kier alpha value is -2.27. The van der Waals surface area contributed by atoms with Crippen molar-refractivity contribution in [2.75, 3.05) is 7.11 Å². The predicted octanol–water partition coefficient (Wildman–Crippen LogP) is 1.06. The molecule has 4 aliphatic carbocycles. The van der Waals surface area contributed by atoms with E-state index in [0.29, 0.717) is 18.4 Å². The number of furan rings is 1. The molecule has 3 N–H and O–H groups in total. The molecule has 3 heterocycles. The number of fused-ring (bicyclic) bond motifs is 2. The van der Waals surface area contributed by atoms with E-state index in [9.17, 15) is 29.7 Å². The van der Waals surface area contributed by atoms with Gasteiger partial charge in [0.1, 0.15) is 23.4 Å². The lowest BCUT2D eigenvalue weighted by atomic mass is 9.48. The third kappa shape index (κ3) is 2.11. The largest absolute Gasteiger partial charge is 0.472 e. The smallest absolute Gasteiger partial charge is 0.335 e. The topological polar surface area (TPSA) is 156 Å². The van der Waals surface area contributed by atoms with Gasteiger partial charge in [0, 0.05) is 33.6 Å². The van der Waals surface area contributed by atoms with Gasteiger partial charge in [-0.05, 0) is 25.3 Å². The summed E-state index contributed by atoms with van der Waals surface area (Å²) < 4.78 is 22.7.